The molecule has 10 N–H and O–H groups in total. The maximum absolute atomic E-state index is 12.9. The number of phosphoric ester groups is 1. The average molecular weight is 722 g/mol. The van der Waals surface area contributed by atoms with Crippen LogP contribution in [0.15, 0.2) is 0 Å². The molecule has 6 bridgehead atoms. The van der Waals surface area contributed by atoms with Crippen LogP contribution >= 0.6 is 7.82 Å². The number of fused-ring (bicyclic) bond motifs is 5. The third kappa shape index (κ3) is 4.73. The number of aliphatic hydroxyl groups is 10. The predicted octanol–water partition coefficient (Wildman–Crippen LogP) is -7.49. The molecule has 8 heterocycles. The monoisotopic (exact) mass is 722 g/mol. The summed E-state index contributed by atoms with van der Waals surface area (Å²) in [5, 5.41) is 106. The normalized spacial score (nSPS) is 61.7. The first kappa shape index (κ1) is 34.4. The zero-order valence-corrected chi connectivity index (χ0v) is 25.3. The van der Waals surface area contributed by atoms with Crippen molar-refractivity contribution in [3.63, 3.8) is 0 Å². The van der Waals surface area contributed by atoms with Crippen LogP contribution in [0.2, 0.25) is 0 Å². The van der Waals surface area contributed by atoms with Crippen LogP contribution in [-0.4, -0.2) is 199 Å². The molecule has 24 heteroatoms. The number of hydrogen-bond donors (Lipinski definition) is 10. The summed E-state index contributed by atoms with van der Waals surface area (Å²) in [7, 11) is -4.82. The molecule has 8 aliphatic rings. The van der Waals surface area contributed by atoms with E-state index in [0.29, 0.717) is 0 Å². The lowest BCUT2D eigenvalue weighted by Crippen LogP contribution is -2.80. The number of ether oxygens (including phenoxy) is 9. The van der Waals surface area contributed by atoms with Gasteiger partial charge in [-0.2, -0.15) is 0 Å². The van der Waals surface area contributed by atoms with Gasteiger partial charge in [0.15, 0.2) is 18.9 Å². The Morgan fingerprint density at radius 1 is 0.688 bits per heavy atom. The van der Waals surface area contributed by atoms with Gasteiger partial charge in [-0.25, -0.2) is 18.1 Å². The Labute approximate surface area is 268 Å². The minimum atomic E-state index is -4.82. The molecule has 8 saturated heterocycles. The fourth-order valence-electron chi connectivity index (χ4n) is 7.24. The molecule has 0 amide bonds. The molecule has 8 rings (SSSR count). The van der Waals surface area contributed by atoms with Gasteiger partial charge in [-0.15, -0.1) is 0 Å². The van der Waals surface area contributed by atoms with Crippen molar-refractivity contribution in [3.05, 3.63) is 0 Å². The van der Waals surface area contributed by atoms with Gasteiger partial charge in [-0.05, 0) is 0 Å². The molecule has 21 atom stereocenters. The summed E-state index contributed by atoms with van der Waals surface area (Å²) in [6.45, 7) is -2.09. The van der Waals surface area contributed by atoms with Crippen molar-refractivity contribution < 1.29 is 112 Å². The van der Waals surface area contributed by atoms with E-state index in [4.69, 9.17) is 56.2 Å². The van der Waals surface area contributed by atoms with Crippen LogP contribution in [0.1, 0.15) is 0 Å². The summed E-state index contributed by atoms with van der Waals surface area (Å²) >= 11 is 0. The lowest BCUT2D eigenvalue weighted by molar-refractivity contribution is -0.543. The minimum absolute atomic E-state index is 0.0572. The van der Waals surface area contributed by atoms with Crippen LogP contribution in [0.5, 0.6) is 0 Å². The number of hydrogen-bond acceptors (Lipinski definition) is 23. The van der Waals surface area contributed by atoms with Crippen molar-refractivity contribution in [2.75, 3.05) is 26.4 Å². The van der Waals surface area contributed by atoms with E-state index in [2.05, 4.69) is 0 Å². The zero-order valence-electron chi connectivity index (χ0n) is 24.4. The standard InChI is InChI=1S/C24H35O23P/c25-1-5-9(27)15(11(29)20(39-5)41-13-7-3-36-16(13)10(28)19(32)38-7)42-21-12(30)17-14(8(40-21)4-37-17)44-24-23(34)22(33,18(31)6(2-26)43-24)45-48(35,46-23)47-24/h5-21,25-34H,1-4H2/t5-,6-,7+,8+,9-,10+,11-,12+,13+,14+,15+,16+,17+,18-,19-,20+,21+,22+,23-,24+,48?/m1/s1. The molecule has 0 aliphatic carbocycles. The van der Waals surface area contributed by atoms with E-state index in [9.17, 15) is 55.6 Å². The summed E-state index contributed by atoms with van der Waals surface area (Å²) in [6, 6.07) is 0. The van der Waals surface area contributed by atoms with Crippen LogP contribution in [0, 0.1) is 0 Å². The third-order valence-electron chi connectivity index (χ3n) is 9.72. The fraction of sp³-hybridized carbons (Fsp3) is 1.00. The Morgan fingerprint density at radius 3 is 1.98 bits per heavy atom. The van der Waals surface area contributed by atoms with Crippen LogP contribution in [0.3, 0.4) is 0 Å². The van der Waals surface area contributed by atoms with Gasteiger partial charge in [0.05, 0.1) is 26.4 Å². The Bertz CT molecular complexity index is 1300. The third-order valence-corrected chi connectivity index (χ3v) is 11.2. The second kappa shape index (κ2) is 11.7. The first-order valence-corrected chi connectivity index (χ1v) is 16.5. The van der Waals surface area contributed by atoms with Crippen molar-refractivity contribution in [1.29, 1.82) is 0 Å². The highest BCUT2D eigenvalue weighted by atomic mass is 31.2. The van der Waals surface area contributed by atoms with Gasteiger partial charge < -0.3 is 93.7 Å². The Kier molecular flexibility index (Phi) is 8.38. The van der Waals surface area contributed by atoms with Crippen LogP contribution in [0.25, 0.3) is 0 Å². The molecular formula is C24H35O23P. The molecule has 1 unspecified atom stereocenters. The molecule has 0 radical (unpaired) electrons. The van der Waals surface area contributed by atoms with E-state index in [1.165, 1.54) is 0 Å². The van der Waals surface area contributed by atoms with Gasteiger partial charge in [-0.1, -0.05) is 0 Å². The minimum Gasteiger partial charge on any atom is -0.394 e. The van der Waals surface area contributed by atoms with Gasteiger partial charge in [0.1, 0.15) is 85.5 Å². The summed E-state index contributed by atoms with van der Waals surface area (Å²) in [5.74, 6) is -9.43. The predicted molar refractivity (Wildman–Crippen MR) is 135 cm³/mol. The summed E-state index contributed by atoms with van der Waals surface area (Å²) < 4.78 is 78.4. The van der Waals surface area contributed by atoms with E-state index >= 15 is 0 Å². The van der Waals surface area contributed by atoms with E-state index in [0.717, 1.165) is 0 Å². The molecule has 8 fully saturated rings. The first-order valence-electron chi connectivity index (χ1n) is 15.0. The quantitative estimate of drug-likeness (QED) is 0.104. The average Bonchev–Trinajstić information content (AvgIpc) is 3.67. The maximum atomic E-state index is 12.9. The first-order chi connectivity index (χ1) is 22.7. The van der Waals surface area contributed by atoms with Gasteiger partial charge in [0.2, 0.25) is 0 Å². The second-order valence-electron chi connectivity index (χ2n) is 12.6. The molecule has 23 nitrogen and oxygen atoms in total. The SMILES string of the molecule is O=P12O[C@]3(O[C@@H]4[C@H]5OC[C@@H]4O[C@@H](O[C@@H]4[C@@H](O)[C@H](O[C@@H]6[C@H]7OC[C@@H]6O[C@@H](O)[C@H]7O)O[C@H](CO)[C@H]4O)[C@H]5O)O[C@H](CO)[C@@H](O)[C@](O)(O1)[C@@]3(O)O2. The van der Waals surface area contributed by atoms with Gasteiger partial charge in [0.25, 0.3) is 5.79 Å². The molecule has 0 aromatic carbocycles. The molecule has 48 heavy (non-hydrogen) atoms. The number of phosphoric acid groups is 1. The van der Waals surface area contributed by atoms with E-state index in [1.807, 2.05) is 0 Å². The molecular weight excluding hydrogens is 687 g/mol. The highest BCUT2D eigenvalue weighted by Crippen LogP contribution is 2.77. The Balaban J connectivity index is 0.990. The van der Waals surface area contributed by atoms with Crippen LogP contribution < -0.4 is 0 Å². The van der Waals surface area contributed by atoms with Crippen LogP contribution in [-0.2, 0) is 60.8 Å². The van der Waals surface area contributed by atoms with Crippen molar-refractivity contribution in [1.82, 2.24) is 0 Å². The van der Waals surface area contributed by atoms with E-state index in [1.54, 1.807) is 0 Å². The lowest BCUT2D eigenvalue weighted by atomic mass is 9.90. The smallest absolute Gasteiger partial charge is 0.394 e. The van der Waals surface area contributed by atoms with Crippen molar-refractivity contribution in [2.45, 2.75) is 122 Å². The second-order valence-corrected chi connectivity index (χ2v) is 14.0. The van der Waals surface area contributed by atoms with Gasteiger partial charge in [-0.3, -0.25) is 0 Å². The molecule has 0 spiro atoms. The van der Waals surface area contributed by atoms with E-state index in [-0.39, 0.29) is 13.2 Å². The lowest BCUT2D eigenvalue weighted by Gasteiger charge is -2.54. The topological polar surface area (TPSA) is 330 Å². The van der Waals surface area contributed by atoms with Gasteiger partial charge in [0, 0.05) is 0 Å². The number of rotatable bonds is 8. The van der Waals surface area contributed by atoms with E-state index < -0.39 is 143 Å². The maximum Gasteiger partial charge on any atom is 0.485 e. The fourth-order valence-corrected chi connectivity index (χ4v) is 8.99. The molecule has 8 aliphatic heterocycles. The molecule has 274 valence electrons. The van der Waals surface area contributed by atoms with Gasteiger partial charge >= 0.3 is 19.6 Å². The highest BCUT2D eigenvalue weighted by molar-refractivity contribution is 7.49. The Hall–Kier alpha value is -0.650. The number of aliphatic hydroxyl groups excluding tert-OH is 8. The largest absolute Gasteiger partial charge is 0.485 e. The van der Waals surface area contributed by atoms with Crippen LogP contribution in [0.4, 0.5) is 0 Å². The Morgan fingerprint density at radius 2 is 1.31 bits per heavy atom. The highest BCUT2D eigenvalue weighted by Gasteiger charge is 2.91. The molecule has 0 aromatic rings. The van der Waals surface area contributed by atoms with Crippen molar-refractivity contribution in [3.8, 4) is 0 Å². The van der Waals surface area contributed by atoms with Crippen molar-refractivity contribution >= 4 is 7.82 Å². The van der Waals surface area contributed by atoms with Crippen molar-refractivity contribution in [2.24, 2.45) is 0 Å². The zero-order chi connectivity index (χ0) is 34.1. The summed E-state index contributed by atoms with van der Waals surface area (Å²) in [6.07, 6.45) is -25.6. The summed E-state index contributed by atoms with van der Waals surface area (Å²) in [5.41, 5.74) is 0. The molecule has 0 aromatic heterocycles. The molecule has 0 saturated carbocycles. The summed E-state index contributed by atoms with van der Waals surface area (Å²) in [4.78, 5) is 0.